The van der Waals surface area contributed by atoms with Crippen molar-refractivity contribution in [3.8, 4) is 22.8 Å². The third kappa shape index (κ3) is 5.84. The van der Waals surface area contributed by atoms with E-state index in [2.05, 4.69) is 10.1 Å². The molecule has 1 amide bonds. The van der Waals surface area contributed by atoms with Gasteiger partial charge in [0.2, 0.25) is 0 Å². The van der Waals surface area contributed by atoms with E-state index < -0.39 is 23.4 Å². The summed E-state index contributed by atoms with van der Waals surface area (Å²) in [5.74, 6) is 0.259. The molecule has 0 atom stereocenters. The Balaban J connectivity index is 1.74. The highest BCUT2D eigenvalue weighted by Crippen LogP contribution is 2.33. The molecule has 3 heterocycles. The molecule has 0 radical (unpaired) electrons. The molecule has 11 heteroatoms. The zero-order valence-corrected chi connectivity index (χ0v) is 20.6. The quantitative estimate of drug-likeness (QED) is 0.489. The topological polar surface area (TPSA) is 82.4 Å². The number of hydrogen-bond acceptors (Lipinski definition) is 6. The van der Waals surface area contributed by atoms with E-state index in [0.717, 1.165) is 17.7 Å². The van der Waals surface area contributed by atoms with E-state index in [4.69, 9.17) is 14.5 Å². The molecule has 2 aromatic heterocycles. The van der Waals surface area contributed by atoms with Crippen LogP contribution in [0.3, 0.4) is 0 Å². The highest BCUT2D eigenvalue weighted by atomic mass is 19.4. The second-order valence-electron chi connectivity index (χ2n) is 9.50. The summed E-state index contributed by atoms with van der Waals surface area (Å²) in [4.78, 5) is 23.6. The first-order chi connectivity index (χ1) is 16.9. The van der Waals surface area contributed by atoms with Crippen LogP contribution in [0.2, 0.25) is 0 Å². The minimum absolute atomic E-state index is 0.192. The van der Waals surface area contributed by atoms with Crippen LogP contribution in [0.4, 0.5) is 18.0 Å². The fourth-order valence-corrected chi connectivity index (χ4v) is 3.86. The van der Waals surface area contributed by atoms with Crippen molar-refractivity contribution in [2.75, 3.05) is 20.3 Å². The molecule has 0 fully saturated rings. The van der Waals surface area contributed by atoms with Crippen LogP contribution in [0, 0.1) is 0 Å². The lowest BCUT2D eigenvalue weighted by Gasteiger charge is -2.31. The number of ether oxygens (including phenoxy) is 2. The predicted molar refractivity (Wildman–Crippen MR) is 126 cm³/mol. The molecule has 0 N–H and O–H groups in total. The van der Waals surface area contributed by atoms with Crippen LogP contribution in [0.5, 0.6) is 0 Å². The number of hydrogen-bond donors (Lipinski definition) is 0. The van der Waals surface area contributed by atoms with Crippen LogP contribution in [0.15, 0.2) is 36.5 Å². The maximum Gasteiger partial charge on any atom is 0.416 e. The maximum atomic E-state index is 13.1. The number of amides is 1. The van der Waals surface area contributed by atoms with Crippen molar-refractivity contribution in [2.24, 2.45) is 0 Å². The van der Waals surface area contributed by atoms with Gasteiger partial charge in [0.1, 0.15) is 11.3 Å². The third-order valence-corrected chi connectivity index (χ3v) is 5.60. The van der Waals surface area contributed by atoms with Crippen LogP contribution in [-0.4, -0.2) is 56.6 Å². The van der Waals surface area contributed by atoms with Gasteiger partial charge in [0.25, 0.3) is 0 Å². The highest BCUT2D eigenvalue weighted by molar-refractivity contribution is 5.70. The van der Waals surface area contributed by atoms with Crippen molar-refractivity contribution in [3.05, 3.63) is 53.3 Å². The van der Waals surface area contributed by atoms with Gasteiger partial charge in [-0.25, -0.2) is 14.8 Å². The fourth-order valence-electron chi connectivity index (χ4n) is 3.86. The number of nitrogens with zero attached hydrogens (tertiary/aromatic N) is 5. The Morgan fingerprint density at radius 3 is 2.44 bits per heavy atom. The molecule has 3 aromatic rings. The lowest BCUT2D eigenvalue weighted by atomic mass is 10.0. The van der Waals surface area contributed by atoms with Gasteiger partial charge in [0, 0.05) is 31.0 Å². The Kier molecular flexibility index (Phi) is 7.03. The molecule has 4 rings (SSSR count). The van der Waals surface area contributed by atoms with E-state index in [1.807, 2.05) is 12.3 Å². The molecular formula is C25H28F3N5O3. The standard InChI is InChI=1S/C25H28F3N5O3/c1-24(2,3)36-23(34)32-11-9-18-20(15-32)29-22(16-5-7-17(8-6-16)25(26,27)28)30-21(18)19-10-12-33(31-19)13-14-35-4/h5-8,10,12H,9,11,13-15H2,1-4H3. The molecular weight excluding hydrogens is 475 g/mol. The first-order valence-corrected chi connectivity index (χ1v) is 11.5. The maximum absolute atomic E-state index is 13.1. The van der Waals surface area contributed by atoms with Gasteiger partial charge < -0.3 is 14.4 Å². The van der Waals surface area contributed by atoms with E-state index in [1.54, 1.807) is 37.5 Å². The van der Waals surface area contributed by atoms with Gasteiger partial charge in [0.05, 0.1) is 36.6 Å². The number of alkyl halides is 3. The van der Waals surface area contributed by atoms with Crippen LogP contribution in [0.25, 0.3) is 22.8 Å². The minimum atomic E-state index is -4.44. The second kappa shape index (κ2) is 9.88. The number of rotatable bonds is 5. The van der Waals surface area contributed by atoms with E-state index in [1.165, 1.54) is 12.1 Å². The molecule has 0 unspecified atom stereocenters. The fraction of sp³-hybridized carbons (Fsp3) is 0.440. The second-order valence-corrected chi connectivity index (χ2v) is 9.50. The van der Waals surface area contributed by atoms with E-state index in [0.29, 0.717) is 48.8 Å². The summed E-state index contributed by atoms with van der Waals surface area (Å²) in [6.07, 6.45) is -2.59. The number of carbonyl (C=O) groups excluding carboxylic acids is 1. The Bertz CT molecular complexity index is 1230. The number of aromatic nitrogens is 4. The lowest BCUT2D eigenvalue weighted by Crippen LogP contribution is -2.40. The van der Waals surface area contributed by atoms with E-state index >= 15 is 0 Å². The number of benzene rings is 1. The first kappa shape index (κ1) is 25.6. The van der Waals surface area contributed by atoms with Gasteiger partial charge in [-0.15, -0.1) is 0 Å². The van der Waals surface area contributed by atoms with Crippen molar-refractivity contribution < 1.29 is 27.4 Å². The molecule has 1 aromatic carbocycles. The molecule has 1 aliphatic rings. The first-order valence-electron chi connectivity index (χ1n) is 11.5. The molecule has 0 spiro atoms. The van der Waals surface area contributed by atoms with Crippen LogP contribution < -0.4 is 0 Å². The molecule has 0 saturated heterocycles. The number of carbonyl (C=O) groups is 1. The summed E-state index contributed by atoms with van der Waals surface area (Å²) in [5.41, 5.74) is 1.70. The SMILES string of the molecule is COCCn1ccc(-c2nc(-c3ccc(C(F)(F)F)cc3)nc3c2CCN(C(=O)OC(C)(C)C)C3)n1. The molecule has 192 valence electrons. The minimum Gasteiger partial charge on any atom is -0.444 e. The van der Waals surface area contributed by atoms with Gasteiger partial charge in [-0.3, -0.25) is 4.68 Å². The molecule has 1 aliphatic heterocycles. The van der Waals surface area contributed by atoms with E-state index in [-0.39, 0.29) is 12.4 Å². The predicted octanol–water partition coefficient (Wildman–Crippen LogP) is 4.97. The van der Waals surface area contributed by atoms with Crippen LogP contribution in [-0.2, 0) is 35.2 Å². The molecule has 0 bridgehead atoms. The normalized spacial score (nSPS) is 14.0. The summed E-state index contributed by atoms with van der Waals surface area (Å²) >= 11 is 0. The molecule has 8 nitrogen and oxygen atoms in total. The summed E-state index contributed by atoms with van der Waals surface area (Å²) in [5, 5.41) is 4.60. The van der Waals surface area contributed by atoms with Gasteiger partial charge in [-0.2, -0.15) is 18.3 Å². The highest BCUT2D eigenvalue weighted by Gasteiger charge is 2.31. The van der Waals surface area contributed by atoms with Gasteiger partial charge >= 0.3 is 12.3 Å². The van der Waals surface area contributed by atoms with Gasteiger partial charge in [0.15, 0.2) is 5.82 Å². The number of methoxy groups -OCH3 is 1. The molecule has 0 aliphatic carbocycles. The largest absolute Gasteiger partial charge is 0.444 e. The Morgan fingerprint density at radius 1 is 1.08 bits per heavy atom. The summed E-state index contributed by atoms with van der Waals surface area (Å²) in [6, 6.07) is 6.53. The molecule has 0 saturated carbocycles. The smallest absolute Gasteiger partial charge is 0.416 e. The number of fused-ring (bicyclic) bond motifs is 1. The Labute approximate surface area is 207 Å². The molecule has 36 heavy (non-hydrogen) atoms. The third-order valence-electron chi connectivity index (χ3n) is 5.60. The number of halogens is 3. The summed E-state index contributed by atoms with van der Waals surface area (Å²) < 4.78 is 51.5. The summed E-state index contributed by atoms with van der Waals surface area (Å²) in [6.45, 7) is 7.05. The summed E-state index contributed by atoms with van der Waals surface area (Å²) in [7, 11) is 1.61. The van der Waals surface area contributed by atoms with Crippen molar-refractivity contribution in [1.29, 1.82) is 0 Å². The average Bonchev–Trinajstić information content (AvgIpc) is 3.29. The Morgan fingerprint density at radius 2 is 1.81 bits per heavy atom. The van der Waals surface area contributed by atoms with Crippen molar-refractivity contribution >= 4 is 6.09 Å². The average molecular weight is 504 g/mol. The lowest BCUT2D eigenvalue weighted by molar-refractivity contribution is -0.137. The Hall–Kier alpha value is -3.47. The van der Waals surface area contributed by atoms with Crippen molar-refractivity contribution in [1.82, 2.24) is 24.6 Å². The zero-order valence-electron chi connectivity index (χ0n) is 20.6. The van der Waals surface area contributed by atoms with Crippen molar-refractivity contribution in [2.45, 2.75) is 52.1 Å². The van der Waals surface area contributed by atoms with Crippen molar-refractivity contribution in [3.63, 3.8) is 0 Å². The van der Waals surface area contributed by atoms with Crippen LogP contribution in [0.1, 0.15) is 37.6 Å². The van der Waals surface area contributed by atoms with Gasteiger partial charge in [-0.1, -0.05) is 12.1 Å². The van der Waals surface area contributed by atoms with Gasteiger partial charge in [-0.05, 0) is 45.4 Å². The zero-order chi connectivity index (χ0) is 26.1. The van der Waals surface area contributed by atoms with Crippen LogP contribution >= 0.6 is 0 Å². The monoisotopic (exact) mass is 503 g/mol. The van der Waals surface area contributed by atoms with E-state index in [9.17, 15) is 18.0 Å².